The number of aryl methyl sites for hydroxylation is 2. The van der Waals surface area contributed by atoms with Gasteiger partial charge in [-0.05, 0) is 49.2 Å². The van der Waals surface area contributed by atoms with E-state index in [1.54, 1.807) is 18.2 Å². The van der Waals surface area contributed by atoms with Crippen LogP contribution in [0.1, 0.15) is 21.5 Å². The highest BCUT2D eigenvalue weighted by Crippen LogP contribution is 2.29. The van der Waals surface area contributed by atoms with Crippen LogP contribution in [0.5, 0.6) is 11.5 Å². The molecule has 0 saturated carbocycles. The zero-order valence-electron chi connectivity index (χ0n) is 13.7. The maximum absolute atomic E-state index is 12.1. The maximum atomic E-state index is 12.1. The standard InChI is InChI=1S/C18H18ClNO4/c1-11-6-12(2)18(14(19)7-11)20-17(22)10-24-16-8-13(9-21)4-5-15(16)23-3/h4-9H,10H2,1-3H3,(H,20,22). The number of methoxy groups -OCH3 is 1. The largest absolute Gasteiger partial charge is 0.493 e. The number of nitrogens with one attached hydrogen (secondary N) is 1. The number of rotatable bonds is 6. The molecule has 2 aromatic rings. The summed E-state index contributed by atoms with van der Waals surface area (Å²) < 4.78 is 10.6. The molecule has 6 heteroatoms. The van der Waals surface area contributed by atoms with Gasteiger partial charge in [-0.3, -0.25) is 9.59 Å². The second-order valence-corrected chi connectivity index (χ2v) is 5.71. The SMILES string of the molecule is COc1ccc(C=O)cc1OCC(=O)Nc1c(C)cc(C)cc1Cl. The van der Waals surface area contributed by atoms with Gasteiger partial charge in [0.2, 0.25) is 0 Å². The van der Waals surface area contributed by atoms with Gasteiger partial charge >= 0.3 is 0 Å². The number of halogens is 1. The summed E-state index contributed by atoms with van der Waals surface area (Å²) in [5, 5.41) is 3.21. The Morgan fingerprint density at radius 2 is 1.96 bits per heavy atom. The highest BCUT2D eigenvalue weighted by Gasteiger charge is 2.12. The monoisotopic (exact) mass is 347 g/mol. The third kappa shape index (κ3) is 4.26. The molecule has 0 aromatic heterocycles. The van der Waals surface area contributed by atoms with E-state index >= 15 is 0 Å². The molecular formula is C18H18ClNO4. The Morgan fingerprint density at radius 1 is 1.21 bits per heavy atom. The van der Waals surface area contributed by atoms with Crippen molar-refractivity contribution in [1.29, 1.82) is 0 Å². The second-order valence-electron chi connectivity index (χ2n) is 5.30. The minimum Gasteiger partial charge on any atom is -0.493 e. The highest BCUT2D eigenvalue weighted by atomic mass is 35.5. The number of amides is 1. The Kier molecular flexibility index (Phi) is 5.82. The minimum absolute atomic E-state index is 0.234. The zero-order chi connectivity index (χ0) is 17.7. The Balaban J connectivity index is 2.08. The van der Waals surface area contributed by atoms with Gasteiger partial charge in [0, 0.05) is 5.56 Å². The molecule has 126 valence electrons. The molecular weight excluding hydrogens is 330 g/mol. The molecule has 24 heavy (non-hydrogen) atoms. The molecule has 2 aromatic carbocycles. The first-order chi connectivity index (χ1) is 11.4. The van der Waals surface area contributed by atoms with Gasteiger partial charge in [-0.2, -0.15) is 0 Å². The molecule has 0 aliphatic carbocycles. The molecule has 1 N–H and O–H groups in total. The number of anilines is 1. The molecule has 0 fully saturated rings. The molecule has 1 amide bonds. The summed E-state index contributed by atoms with van der Waals surface area (Å²) in [6.45, 7) is 3.56. The van der Waals surface area contributed by atoms with Crippen LogP contribution in [0.2, 0.25) is 5.02 Å². The number of hydrogen-bond donors (Lipinski definition) is 1. The summed E-state index contributed by atoms with van der Waals surface area (Å²) in [4.78, 5) is 23.0. The number of aldehydes is 1. The van der Waals surface area contributed by atoms with Crippen molar-refractivity contribution in [2.24, 2.45) is 0 Å². The Labute approximate surface area is 145 Å². The molecule has 0 bridgehead atoms. The quantitative estimate of drug-likeness (QED) is 0.807. The Hall–Kier alpha value is -2.53. The van der Waals surface area contributed by atoms with E-state index in [1.807, 2.05) is 19.9 Å². The van der Waals surface area contributed by atoms with Gasteiger partial charge in [0.1, 0.15) is 6.29 Å². The first kappa shape index (κ1) is 17.8. The minimum atomic E-state index is -0.359. The smallest absolute Gasteiger partial charge is 0.262 e. The number of hydrogen-bond acceptors (Lipinski definition) is 4. The molecule has 0 saturated heterocycles. The van der Waals surface area contributed by atoms with E-state index in [2.05, 4.69) is 5.32 Å². The lowest BCUT2D eigenvalue weighted by atomic mass is 10.1. The van der Waals surface area contributed by atoms with Gasteiger partial charge < -0.3 is 14.8 Å². The van der Waals surface area contributed by atoms with Crippen LogP contribution in [-0.2, 0) is 4.79 Å². The second kappa shape index (κ2) is 7.84. The molecule has 0 radical (unpaired) electrons. The Bertz CT molecular complexity index is 751. The van der Waals surface area contributed by atoms with Gasteiger partial charge in [0.15, 0.2) is 18.1 Å². The van der Waals surface area contributed by atoms with Crippen molar-refractivity contribution < 1.29 is 19.1 Å². The molecule has 2 rings (SSSR count). The van der Waals surface area contributed by atoms with Crippen molar-refractivity contribution in [2.75, 3.05) is 19.0 Å². The first-order valence-electron chi connectivity index (χ1n) is 7.27. The predicted octanol–water partition coefficient (Wildman–Crippen LogP) is 3.80. The molecule has 0 unspecified atom stereocenters. The van der Waals surface area contributed by atoms with E-state index in [1.165, 1.54) is 13.2 Å². The van der Waals surface area contributed by atoms with Crippen LogP contribution in [0, 0.1) is 13.8 Å². The van der Waals surface area contributed by atoms with Crippen molar-refractivity contribution in [3.8, 4) is 11.5 Å². The fourth-order valence-corrected chi connectivity index (χ4v) is 2.64. The third-order valence-corrected chi connectivity index (χ3v) is 3.68. The van der Waals surface area contributed by atoms with Crippen LogP contribution in [0.15, 0.2) is 30.3 Å². The van der Waals surface area contributed by atoms with Gasteiger partial charge in [-0.1, -0.05) is 17.7 Å². The fraction of sp³-hybridized carbons (Fsp3) is 0.222. The van der Waals surface area contributed by atoms with Crippen LogP contribution in [0.3, 0.4) is 0 Å². The lowest BCUT2D eigenvalue weighted by molar-refractivity contribution is -0.118. The number of carbonyl (C=O) groups is 2. The summed E-state index contributed by atoms with van der Waals surface area (Å²) in [5.74, 6) is 0.407. The predicted molar refractivity (Wildman–Crippen MR) is 93.4 cm³/mol. The normalized spacial score (nSPS) is 10.2. The summed E-state index contributed by atoms with van der Waals surface area (Å²) in [7, 11) is 1.48. The van der Waals surface area contributed by atoms with Crippen LogP contribution in [0.4, 0.5) is 5.69 Å². The van der Waals surface area contributed by atoms with Crippen LogP contribution >= 0.6 is 11.6 Å². The lowest BCUT2D eigenvalue weighted by Crippen LogP contribution is -2.21. The van der Waals surface area contributed by atoms with Crippen molar-refractivity contribution in [1.82, 2.24) is 0 Å². The molecule has 0 atom stereocenters. The van der Waals surface area contributed by atoms with E-state index < -0.39 is 0 Å². The lowest BCUT2D eigenvalue weighted by Gasteiger charge is -2.13. The van der Waals surface area contributed by atoms with Crippen LogP contribution < -0.4 is 14.8 Å². The Morgan fingerprint density at radius 3 is 2.58 bits per heavy atom. The van der Waals surface area contributed by atoms with Gasteiger partial charge in [-0.25, -0.2) is 0 Å². The molecule has 0 spiro atoms. The molecule has 0 aliphatic heterocycles. The van der Waals surface area contributed by atoms with Gasteiger partial charge in [0.05, 0.1) is 17.8 Å². The van der Waals surface area contributed by atoms with Gasteiger partial charge in [0.25, 0.3) is 5.91 Å². The van der Waals surface area contributed by atoms with Crippen molar-refractivity contribution in [3.05, 3.63) is 52.0 Å². The average molecular weight is 348 g/mol. The van der Waals surface area contributed by atoms with E-state index in [0.717, 1.165) is 11.1 Å². The highest BCUT2D eigenvalue weighted by molar-refractivity contribution is 6.34. The molecule has 5 nitrogen and oxygen atoms in total. The van der Waals surface area contributed by atoms with Crippen molar-refractivity contribution in [2.45, 2.75) is 13.8 Å². The number of benzene rings is 2. The third-order valence-electron chi connectivity index (χ3n) is 3.38. The van der Waals surface area contributed by atoms with Crippen LogP contribution in [-0.4, -0.2) is 25.9 Å². The zero-order valence-corrected chi connectivity index (χ0v) is 14.4. The summed E-state index contributed by atoms with van der Waals surface area (Å²) in [5.41, 5.74) is 2.88. The van der Waals surface area contributed by atoms with E-state index in [4.69, 9.17) is 21.1 Å². The molecule has 0 aliphatic rings. The summed E-state index contributed by atoms with van der Waals surface area (Å²) in [6.07, 6.45) is 0.696. The van der Waals surface area contributed by atoms with E-state index in [-0.39, 0.29) is 12.5 Å². The van der Waals surface area contributed by atoms with Crippen molar-refractivity contribution >= 4 is 29.5 Å². The molecule has 0 heterocycles. The summed E-state index contributed by atoms with van der Waals surface area (Å²) in [6, 6.07) is 8.44. The average Bonchev–Trinajstić information content (AvgIpc) is 2.55. The van der Waals surface area contributed by atoms with Gasteiger partial charge in [-0.15, -0.1) is 0 Å². The number of carbonyl (C=O) groups excluding carboxylic acids is 2. The van der Waals surface area contributed by atoms with Crippen LogP contribution in [0.25, 0.3) is 0 Å². The number of ether oxygens (including phenoxy) is 2. The fourth-order valence-electron chi connectivity index (χ4n) is 2.27. The summed E-state index contributed by atoms with van der Waals surface area (Å²) >= 11 is 6.17. The first-order valence-corrected chi connectivity index (χ1v) is 7.65. The topological polar surface area (TPSA) is 64.6 Å². The maximum Gasteiger partial charge on any atom is 0.262 e. The van der Waals surface area contributed by atoms with Crippen molar-refractivity contribution in [3.63, 3.8) is 0 Å². The van der Waals surface area contributed by atoms with E-state index in [9.17, 15) is 9.59 Å². The van der Waals surface area contributed by atoms with E-state index in [0.29, 0.717) is 34.1 Å².